The largest absolute Gasteiger partial charge is 0.467 e. The summed E-state index contributed by atoms with van der Waals surface area (Å²) in [6.07, 6.45) is 1.54. The maximum Gasteiger partial charge on any atom is 0.254 e. The Kier molecular flexibility index (Phi) is 6.81. The van der Waals surface area contributed by atoms with Gasteiger partial charge in [-0.05, 0) is 61.6 Å². The fraction of sp³-hybridized carbons (Fsp3) is 0.259. The minimum atomic E-state index is -0.492. The first-order valence-corrected chi connectivity index (χ1v) is 11.7. The van der Waals surface area contributed by atoms with Crippen molar-refractivity contribution in [3.05, 3.63) is 95.4 Å². The number of aromatic nitrogens is 1. The maximum absolute atomic E-state index is 13.9. The van der Waals surface area contributed by atoms with E-state index in [-0.39, 0.29) is 30.4 Å². The molecule has 0 spiro atoms. The molecule has 2 aromatic heterocycles. The summed E-state index contributed by atoms with van der Waals surface area (Å²) in [6.45, 7) is 3.47. The van der Waals surface area contributed by atoms with Crippen LogP contribution in [-0.4, -0.2) is 54.1 Å². The first kappa shape index (κ1) is 23.7. The van der Waals surface area contributed by atoms with Gasteiger partial charge < -0.3 is 23.6 Å². The van der Waals surface area contributed by atoms with E-state index in [0.717, 1.165) is 26.2 Å². The lowest BCUT2D eigenvalue weighted by atomic mass is 10.1. The van der Waals surface area contributed by atoms with Gasteiger partial charge in [0.05, 0.1) is 24.9 Å². The summed E-state index contributed by atoms with van der Waals surface area (Å²) in [5.41, 5.74) is 2.12. The van der Waals surface area contributed by atoms with Crippen LogP contribution in [0.4, 0.5) is 14.7 Å². The standard InChI is InChI=1S/C27H26F2N4O3/c1-31-11-13-32(14-12-31)27-24(25(30-36-27)19-7-9-21(28)10-8-19)18-33(17-23-6-3-15-35-23)26(34)20-4-2-5-22(29)16-20/h2-10,15-16H,11-14,17-18H2,1H3. The van der Waals surface area contributed by atoms with Crippen molar-refractivity contribution in [3.8, 4) is 11.3 Å². The minimum absolute atomic E-state index is 0.133. The molecule has 3 heterocycles. The minimum Gasteiger partial charge on any atom is -0.467 e. The summed E-state index contributed by atoms with van der Waals surface area (Å²) in [5, 5.41) is 4.33. The Morgan fingerprint density at radius 1 is 0.972 bits per heavy atom. The van der Waals surface area contributed by atoms with Crippen LogP contribution in [0.15, 0.2) is 75.9 Å². The van der Waals surface area contributed by atoms with Crippen molar-refractivity contribution in [1.82, 2.24) is 15.0 Å². The Morgan fingerprint density at radius 2 is 1.75 bits per heavy atom. The molecular weight excluding hydrogens is 466 g/mol. The highest BCUT2D eigenvalue weighted by Crippen LogP contribution is 2.34. The molecular formula is C27H26F2N4O3. The van der Waals surface area contributed by atoms with Gasteiger partial charge in [-0.3, -0.25) is 4.79 Å². The summed E-state index contributed by atoms with van der Waals surface area (Å²) in [7, 11) is 2.06. The third kappa shape index (κ3) is 5.16. The van der Waals surface area contributed by atoms with E-state index < -0.39 is 5.82 Å². The summed E-state index contributed by atoms with van der Waals surface area (Å²) in [4.78, 5) is 19.5. The van der Waals surface area contributed by atoms with Gasteiger partial charge in [0.1, 0.15) is 23.1 Å². The number of hydrogen-bond acceptors (Lipinski definition) is 6. The van der Waals surface area contributed by atoms with Gasteiger partial charge in [-0.1, -0.05) is 11.2 Å². The SMILES string of the molecule is CN1CCN(c2onc(-c3ccc(F)cc3)c2CN(Cc2ccco2)C(=O)c2cccc(F)c2)CC1. The van der Waals surface area contributed by atoms with Gasteiger partial charge in [-0.15, -0.1) is 0 Å². The van der Waals surface area contributed by atoms with E-state index in [4.69, 9.17) is 8.94 Å². The van der Waals surface area contributed by atoms with E-state index in [1.165, 1.54) is 30.3 Å². The van der Waals surface area contributed by atoms with Crippen molar-refractivity contribution in [2.75, 3.05) is 38.1 Å². The second-order valence-electron chi connectivity index (χ2n) is 8.86. The van der Waals surface area contributed by atoms with Gasteiger partial charge in [0, 0.05) is 37.3 Å². The first-order valence-electron chi connectivity index (χ1n) is 11.7. The van der Waals surface area contributed by atoms with Crippen molar-refractivity contribution in [2.45, 2.75) is 13.1 Å². The molecule has 0 atom stereocenters. The van der Waals surface area contributed by atoms with Gasteiger partial charge in [0.25, 0.3) is 5.91 Å². The normalized spacial score (nSPS) is 14.2. The molecule has 1 aliphatic rings. The van der Waals surface area contributed by atoms with Crippen LogP contribution in [0.25, 0.3) is 11.3 Å². The number of nitrogens with zero attached hydrogens (tertiary/aromatic N) is 4. The molecule has 4 aromatic rings. The molecule has 5 rings (SSSR count). The molecule has 1 amide bonds. The quantitative estimate of drug-likeness (QED) is 0.369. The van der Waals surface area contributed by atoms with Crippen LogP contribution in [0.2, 0.25) is 0 Å². The number of anilines is 1. The van der Waals surface area contributed by atoms with Crippen LogP contribution in [0.1, 0.15) is 21.7 Å². The average Bonchev–Trinajstić information content (AvgIpc) is 3.54. The third-order valence-electron chi connectivity index (χ3n) is 6.31. The van der Waals surface area contributed by atoms with Crippen LogP contribution in [0.3, 0.4) is 0 Å². The van der Waals surface area contributed by atoms with Crippen molar-refractivity contribution < 1.29 is 22.5 Å². The van der Waals surface area contributed by atoms with Gasteiger partial charge in [-0.25, -0.2) is 8.78 Å². The van der Waals surface area contributed by atoms with Gasteiger partial charge >= 0.3 is 0 Å². The zero-order valence-electron chi connectivity index (χ0n) is 19.9. The molecule has 0 N–H and O–H groups in total. The van der Waals surface area contributed by atoms with E-state index in [9.17, 15) is 13.6 Å². The summed E-state index contributed by atoms with van der Waals surface area (Å²) in [5.74, 6) is -0.0567. The zero-order chi connectivity index (χ0) is 25.1. The Balaban J connectivity index is 1.55. The number of rotatable bonds is 7. The Bertz CT molecular complexity index is 1310. The molecule has 0 aliphatic carbocycles. The number of likely N-dealkylation sites (N-methyl/N-ethyl adjacent to an activating group) is 1. The molecule has 1 saturated heterocycles. The van der Waals surface area contributed by atoms with Crippen molar-refractivity contribution >= 4 is 11.8 Å². The second-order valence-corrected chi connectivity index (χ2v) is 8.86. The van der Waals surface area contributed by atoms with E-state index in [1.807, 2.05) is 0 Å². The lowest BCUT2D eigenvalue weighted by molar-refractivity contribution is 0.0717. The van der Waals surface area contributed by atoms with Gasteiger partial charge in [0.2, 0.25) is 5.88 Å². The van der Waals surface area contributed by atoms with Crippen LogP contribution in [0.5, 0.6) is 0 Å². The highest BCUT2D eigenvalue weighted by atomic mass is 19.1. The van der Waals surface area contributed by atoms with E-state index in [0.29, 0.717) is 28.5 Å². The highest BCUT2D eigenvalue weighted by molar-refractivity contribution is 5.94. The van der Waals surface area contributed by atoms with Crippen LogP contribution < -0.4 is 4.90 Å². The summed E-state index contributed by atoms with van der Waals surface area (Å²) < 4.78 is 38.9. The highest BCUT2D eigenvalue weighted by Gasteiger charge is 2.29. The predicted octanol–water partition coefficient (Wildman–Crippen LogP) is 4.81. The molecule has 1 fully saturated rings. The Morgan fingerprint density at radius 3 is 2.44 bits per heavy atom. The van der Waals surface area contributed by atoms with Crippen LogP contribution in [-0.2, 0) is 13.1 Å². The van der Waals surface area contributed by atoms with Crippen LogP contribution >= 0.6 is 0 Å². The number of halogens is 2. The fourth-order valence-corrected chi connectivity index (χ4v) is 4.32. The number of benzene rings is 2. The van der Waals surface area contributed by atoms with Gasteiger partial charge in [0.15, 0.2) is 0 Å². The molecule has 9 heteroatoms. The fourth-order valence-electron chi connectivity index (χ4n) is 4.32. The lowest BCUT2D eigenvalue weighted by Crippen LogP contribution is -2.44. The first-order chi connectivity index (χ1) is 17.5. The average molecular weight is 493 g/mol. The number of hydrogen-bond donors (Lipinski definition) is 0. The number of carbonyl (C=O) groups is 1. The maximum atomic E-state index is 13.9. The molecule has 0 radical (unpaired) electrons. The van der Waals surface area contributed by atoms with E-state index in [2.05, 4.69) is 22.0 Å². The molecule has 0 saturated carbocycles. The zero-order valence-corrected chi connectivity index (χ0v) is 19.9. The van der Waals surface area contributed by atoms with E-state index in [1.54, 1.807) is 41.5 Å². The van der Waals surface area contributed by atoms with Gasteiger partial charge in [-0.2, -0.15) is 0 Å². The third-order valence-corrected chi connectivity index (χ3v) is 6.31. The molecule has 1 aliphatic heterocycles. The Hall–Kier alpha value is -3.98. The van der Waals surface area contributed by atoms with Crippen molar-refractivity contribution in [1.29, 1.82) is 0 Å². The number of carbonyl (C=O) groups excluding carboxylic acids is 1. The van der Waals surface area contributed by atoms with E-state index >= 15 is 0 Å². The molecule has 7 nitrogen and oxygen atoms in total. The van der Waals surface area contributed by atoms with Crippen LogP contribution in [0, 0.1) is 11.6 Å². The topological polar surface area (TPSA) is 66.0 Å². The molecule has 36 heavy (non-hydrogen) atoms. The lowest BCUT2D eigenvalue weighted by Gasteiger charge is -2.33. The molecule has 2 aromatic carbocycles. The molecule has 186 valence electrons. The molecule has 0 unspecified atom stereocenters. The number of furan rings is 1. The number of amides is 1. The summed E-state index contributed by atoms with van der Waals surface area (Å²) >= 11 is 0. The number of piperazine rings is 1. The monoisotopic (exact) mass is 492 g/mol. The summed E-state index contributed by atoms with van der Waals surface area (Å²) in [6, 6.07) is 15.1. The smallest absolute Gasteiger partial charge is 0.254 e. The molecule has 0 bridgehead atoms. The Labute approximate surface area is 207 Å². The van der Waals surface area contributed by atoms with Crippen molar-refractivity contribution in [2.24, 2.45) is 0 Å². The second kappa shape index (κ2) is 10.3. The van der Waals surface area contributed by atoms with Crippen molar-refractivity contribution in [3.63, 3.8) is 0 Å². The predicted molar refractivity (Wildman–Crippen MR) is 130 cm³/mol.